The SMILES string of the molecule is NC1CCN(c2ccc3c(C(=O)NCC4CCCCC4)cccc3n2)C1. The van der Waals surface area contributed by atoms with Gasteiger partial charge in [0.15, 0.2) is 0 Å². The molecular weight excluding hydrogens is 324 g/mol. The molecule has 26 heavy (non-hydrogen) atoms. The first-order valence-corrected chi connectivity index (χ1v) is 9.89. The predicted octanol–water partition coefficient (Wildman–Crippen LogP) is 3.08. The van der Waals surface area contributed by atoms with Gasteiger partial charge < -0.3 is 16.0 Å². The van der Waals surface area contributed by atoms with Gasteiger partial charge in [-0.15, -0.1) is 0 Å². The second-order valence-electron chi connectivity index (χ2n) is 7.75. The molecule has 1 aliphatic heterocycles. The minimum Gasteiger partial charge on any atom is -0.355 e. The Morgan fingerprint density at radius 3 is 2.77 bits per heavy atom. The number of fused-ring (bicyclic) bond motifs is 1. The van der Waals surface area contributed by atoms with Crippen LogP contribution in [0, 0.1) is 5.92 Å². The van der Waals surface area contributed by atoms with Crippen LogP contribution in [0.2, 0.25) is 0 Å². The van der Waals surface area contributed by atoms with E-state index >= 15 is 0 Å². The lowest BCUT2D eigenvalue weighted by Gasteiger charge is -2.22. The topological polar surface area (TPSA) is 71.2 Å². The predicted molar refractivity (Wildman–Crippen MR) is 105 cm³/mol. The van der Waals surface area contributed by atoms with Crippen molar-refractivity contribution in [2.75, 3.05) is 24.5 Å². The van der Waals surface area contributed by atoms with Crippen LogP contribution < -0.4 is 16.0 Å². The summed E-state index contributed by atoms with van der Waals surface area (Å²) in [5.74, 6) is 1.59. The molecule has 1 amide bonds. The number of carbonyl (C=O) groups is 1. The van der Waals surface area contributed by atoms with Crippen LogP contribution in [0.4, 0.5) is 5.82 Å². The Kier molecular flexibility index (Phi) is 5.07. The molecule has 1 saturated carbocycles. The standard InChI is InChI=1S/C21H28N4O/c22-16-11-12-25(14-16)20-10-9-17-18(7-4-8-19(17)24-20)21(26)23-13-15-5-2-1-3-6-15/h4,7-10,15-16H,1-3,5-6,11-14,22H2,(H,23,26). The zero-order valence-electron chi connectivity index (χ0n) is 15.3. The van der Waals surface area contributed by atoms with Gasteiger partial charge in [0.25, 0.3) is 5.91 Å². The largest absolute Gasteiger partial charge is 0.355 e. The third-order valence-electron chi connectivity index (χ3n) is 5.79. The maximum absolute atomic E-state index is 12.7. The molecule has 1 saturated heterocycles. The van der Waals surface area contributed by atoms with E-state index in [0.29, 0.717) is 5.92 Å². The van der Waals surface area contributed by atoms with Gasteiger partial charge in [-0.25, -0.2) is 4.98 Å². The third kappa shape index (κ3) is 3.68. The number of benzene rings is 1. The van der Waals surface area contributed by atoms with Crippen LogP contribution in [0.3, 0.4) is 0 Å². The smallest absolute Gasteiger partial charge is 0.251 e. The van der Waals surface area contributed by atoms with Crippen molar-refractivity contribution in [2.24, 2.45) is 11.7 Å². The van der Waals surface area contributed by atoms with Gasteiger partial charge >= 0.3 is 0 Å². The molecule has 4 rings (SSSR count). The Bertz CT molecular complexity index is 785. The van der Waals surface area contributed by atoms with Crippen molar-refractivity contribution in [1.82, 2.24) is 10.3 Å². The second-order valence-corrected chi connectivity index (χ2v) is 7.75. The zero-order valence-corrected chi connectivity index (χ0v) is 15.3. The van der Waals surface area contributed by atoms with E-state index in [4.69, 9.17) is 10.7 Å². The molecule has 2 heterocycles. The van der Waals surface area contributed by atoms with Crippen LogP contribution in [0.5, 0.6) is 0 Å². The van der Waals surface area contributed by atoms with Crippen molar-refractivity contribution in [3.63, 3.8) is 0 Å². The van der Waals surface area contributed by atoms with E-state index in [1.807, 2.05) is 30.3 Å². The van der Waals surface area contributed by atoms with E-state index in [-0.39, 0.29) is 11.9 Å². The molecule has 0 bridgehead atoms. The number of aromatic nitrogens is 1. The van der Waals surface area contributed by atoms with E-state index in [1.54, 1.807) is 0 Å². The normalized spacial score (nSPS) is 21.3. The van der Waals surface area contributed by atoms with Gasteiger partial charge in [-0.3, -0.25) is 4.79 Å². The highest BCUT2D eigenvalue weighted by atomic mass is 16.1. The van der Waals surface area contributed by atoms with E-state index in [1.165, 1.54) is 32.1 Å². The molecule has 3 N–H and O–H groups in total. The molecule has 5 nitrogen and oxygen atoms in total. The molecule has 1 aromatic heterocycles. The summed E-state index contributed by atoms with van der Waals surface area (Å²) in [6.45, 7) is 2.58. The Morgan fingerprint density at radius 1 is 1.15 bits per heavy atom. The molecule has 138 valence electrons. The zero-order chi connectivity index (χ0) is 17.9. The Morgan fingerprint density at radius 2 is 2.00 bits per heavy atom. The highest BCUT2D eigenvalue weighted by Crippen LogP contribution is 2.25. The highest BCUT2D eigenvalue weighted by molar-refractivity contribution is 6.06. The molecule has 0 radical (unpaired) electrons. The number of hydrogen-bond donors (Lipinski definition) is 2. The summed E-state index contributed by atoms with van der Waals surface area (Å²) < 4.78 is 0. The highest BCUT2D eigenvalue weighted by Gasteiger charge is 2.21. The first-order chi connectivity index (χ1) is 12.7. The molecule has 2 fully saturated rings. The summed E-state index contributed by atoms with van der Waals surface area (Å²) in [7, 11) is 0. The average molecular weight is 352 g/mol. The lowest BCUT2D eigenvalue weighted by molar-refractivity contribution is 0.0945. The number of rotatable bonds is 4. The van der Waals surface area contributed by atoms with E-state index < -0.39 is 0 Å². The van der Waals surface area contributed by atoms with Crippen LogP contribution in [-0.4, -0.2) is 36.6 Å². The maximum atomic E-state index is 12.7. The van der Waals surface area contributed by atoms with Crippen molar-refractivity contribution in [3.8, 4) is 0 Å². The van der Waals surface area contributed by atoms with E-state index in [0.717, 1.165) is 48.3 Å². The lowest BCUT2D eigenvalue weighted by Crippen LogP contribution is -2.30. The van der Waals surface area contributed by atoms with Crippen molar-refractivity contribution in [2.45, 2.75) is 44.6 Å². The van der Waals surface area contributed by atoms with Crippen molar-refractivity contribution >= 4 is 22.6 Å². The maximum Gasteiger partial charge on any atom is 0.251 e. The Labute approximate surface area is 155 Å². The monoisotopic (exact) mass is 352 g/mol. The fourth-order valence-corrected chi connectivity index (χ4v) is 4.24. The van der Waals surface area contributed by atoms with Crippen molar-refractivity contribution in [1.29, 1.82) is 0 Å². The van der Waals surface area contributed by atoms with Crippen LogP contribution >= 0.6 is 0 Å². The number of nitrogens with two attached hydrogens (primary N) is 1. The molecule has 1 unspecified atom stereocenters. The average Bonchev–Trinajstić information content (AvgIpc) is 3.12. The van der Waals surface area contributed by atoms with Gasteiger partial charge in [0.05, 0.1) is 5.52 Å². The molecule has 5 heteroatoms. The van der Waals surface area contributed by atoms with Gasteiger partial charge in [0, 0.05) is 36.6 Å². The van der Waals surface area contributed by atoms with Gasteiger partial charge in [-0.05, 0) is 49.4 Å². The molecule has 1 aliphatic carbocycles. The van der Waals surface area contributed by atoms with Gasteiger partial charge in [-0.2, -0.15) is 0 Å². The number of nitrogens with one attached hydrogen (secondary N) is 1. The van der Waals surface area contributed by atoms with Gasteiger partial charge in [0.1, 0.15) is 5.82 Å². The summed E-state index contributed by atoms with van der Waals surface area (Å²) >= 11 is 0. The number of amides is 1. The van der Waals surface area contributed by atoms with Crippen LogP contribution in [0.1, 0.15) is 48.9 Å². The summed E-state index contributed by atoms with van der Waals surface area (Å²) in [6, 6.07) is 10.1. The fraction of sp³-hybridized carbons (Fsp3) is 0.524. The Hall–Kier alpha value is -2.14. The van der Waals surface area contributed by atoms with Gasteiger partial charge in [0.2, 0.25) is 0 Å². The summed E-state index contributed by atoms with van der Waals surface area (Å²) in [5, 5.41) is 4.06. The quantitative estimate of drug-likeness (QED) is 0.887. The number of hydrogen-bond acceptors (Lipinski definition) is 4. The summed E-state index contributed by atoms with van der Waals surface area (Å²) in [6.07, 6.45) is 7.40. The molecule has 1 atom stereocenters. The van der Waals surface area contributed by atoms with Crippen molar-refractivity contribution < 1.29 is 4.79 Å². The van der Waals surface area contributed by atoms with Crippen LogP contribution in [0.25, 0.3) is 10.9 Å². The van der Waals surface area contributed by atoms with E-state index in [9.17, 15) is 4.79 Å². The molecule has 0 spiro atoms. The first-order valence-electron chi connectivity index (χ1n) is 9.89. The second kappa shape index (κ2) is 7.62. The fourth-order valence-electron chi connectivity index (χ4n) is 4.24. The summed E-state index contributed by atoms with van der Waals surface area (Å²) in [4.78, 5) is 19.7. The van der Waals surface area contributed by atoms with Gasteiger partial charge in [-0.1, -0.05) is 25.3 Å². The van der Waals surface area contributed by atoms with Crippen molar-refractivity contribution in [3.05, 3.63) is 35.9 Å². The number of pyridine rings is 1. The van der Waals surface area contributed by atoms with Crippen LogP contribution in [-0.2, 0) is 0 Å². The first kappa shape index (κ1) is 17.3. The summed E-state index contributed by atoms with van der Waals surface area (Å²) in [5.41, 5.74) is 7.60. The van der Waals surface area contributed by atoms with E-state index in [2.05, 4.69) is 10.2 Å². The van der Waals surface area contributed by atoms with Crippen LogP contribution in [0.15, 0.2) is 30.3 Å². The Balaban J connectivity index is 1.50. The minimum atomic E-state index is 0.0129. The molecule has 2 aromatic rings. The number of nitrogens with zero attached hydrogens (tertiary/aromatic N) is 2. The lowest BCUT2D eigenvalue weighted by atomic mass is 9.89. The molecule has 1 aromatic carbocycles. The minimum absolute atomic E-state index is 0.0129. The molecular formula is C21H28N4O. The number of carbonyl (C=O) groups excluding carboxylic acids is 1. The molecule has 2 aliphatic rings. The third-order valence-corrected chi connectivity index (χ3v) is 5.79. The number of anilines is 1.